The summed E-state index contributed by atoms with van der Waals surface area (Å²) in [4.78, 5) is 20.6. The van der Waals surface area contributed by atoms with E-state index in [4.69, 9.17) is 0 Å². The van der Waals surface area contributed by atoms with Gasteiger partial charge in [-0.2, -0.15) is 0 Å². The molecule has 8 nitrogen and oxygen atoms in total. The van der Waals surface area contributed by atoms with E-state index in [-0.39, 0.29) is 6.03 Å². The second-order valence-electron chi connectivity index (χ2n) is 6.89. The number of urea groups is 1. The molecule has 2 N–H and O–H groups in total. The number of aryl methyl sites for hydroxylation is 1. The molecule has 0 saturated carbocycles. The number of hydrogen-bond donors (Lipinski definition) is 2. The van der Waals surface area contributed by atoms with Gasteiger partial charge in [0.05, 0.1) is 0 Å². The van der Waals surface area contributed by atoms with Crippen molar-refractivity contribution >= 4 is 29.2 Å². The Balaban J connectivity index is 1.31. The fourth-order valence-corrected chi connectivity index (χ4v) is 3.16. The Kier molecular flexibility index (Phi) is 5.51. The molecule has 0 aliphatic carbocycles. The molecule has 3 aromatic rings. The van der Waals surface area contributed by atoms with Gasteiger partial charge in [-0.1, -0.05) is 18.2 Å². The molecule has 2 amide bonds. The van der Waals surface area contributed by atoms with E-state index in [0.29, 0.717) is 32.0 Å². The molecule has 0 bridgehead atoms. The molecule has 8 heteroatoms. The van der Waals surface area contributed by atoms with E-state index in [1.54, 1.807) is 6.20 Å². The Hall–Kier alpha value is -3.68. The van der Waals surface area contributed by atoms with Crippen LogP contribution in [0.1, 0.15) is 5.56 Å². The molecular formula is C21H23N7O. The van der Waals surface area contributed by atoms with Gasteiger partial charge in [0, 0.05) is 38.1 Å². The lowest BCUT2D eigenvalue weighted by molar-refractivity contribution is 0.208. The summed E-state index contributed by atoms with van der Waals surface area (Å²) in [5.41, 5.74) is 1.93. The molecule has 0 radical (unpaired) electrons. The molecule has 1 aliphatic rings. The number of nitrogens with one attached hydrogen (secondary N) is 2. The van der Waals surface area contributed by atoms with Crippen LogP contribution >= 0.6 is 0 Å². The molecule has 148 valence electrons. The highest BCUT2D eigenvalue weighted by atomic mass is 16.2. The van der Waals surface area contributed by atoms with Crippen molar-refractivity contribution < 1.29 is 4.79 Å². The van der Waals surface area contributed by atoms with Crippen LogP contribution in [-0.2, 0) is 0 Å². The van der Waals surface area contributed by atoms with Gasteiger partial charge in [-0.3, -0.25) is 0 Å². The quantitative estimate of drug-likeness (QED) is 0.712. The van der Waals surface area contributed by atoms with Crippen LogP contribution in [0.3, 0.4) is 0 Å². The first-order chi connectivity index (χ1) is 14.2. The number of rotatable bonds is 4. The second kappa shape index (κ2) is 8.55. The summed E-state index contributed by atoms with van der Waals surface area (Å²) in [5, 5.41) is 14.7. The normalized spacial score (nSPS) is 13.8. The lowest BCUT2D eigenvalue weighted by Crippen LogP contribution is -2.50. The zero-order valence-electron chi connectivity index (χ0n) is 16.2. The minimum atomic E-state index is -0.0767. The first kappa shape index (κ1) is 18.7. The van der Waals surface area contributed by atoms with Gasteiger partial charge in [-0.25, -0.2) is 9.78 Å². The topological polar surface area (TPSA) is 86.3 Å². The Labute approximate surface area is 169 Å². The second-order valence-corrected chi connectivity index (χ2v) is 6.89. The highest BCUT2D eigenvalue weighted by molar-refractivity contribution is 5.89. The van der Waals surface area contributed by atoms with E-state index in [1.165, 1.54) is 0 Å². The standard InChI is InChI=1S/C21H23N7O/c1-16-9-10-22-19(15-16)24-18-7-8-20(26-25-18)27-11-13-28(14-12-27)21(29)23-17-5-3-2-4-6-17/h2-10,15H,11-14H2,1H3,(H,23,29)(H,22,24,25). The van der Waals surface area contributed by atoms with Crippen LogP contribution in [-0.4, -0.2) is 52.3 Å². The molecule has 29 heavy (non-hydrogen) atoms. The van der Waals surface area contributed by atoms with Gasteiger partial charge in [0.15, 0.2) is 11.6 Å². The Morgan fingerprint density at radius 1 is 0.931 bits per heavy atom. The number of carbonyl (C=O) groups excluding carboxylic acids is 1. The molecule has 1 aromatic carbocycles. The van der Waals surface area contributed by atoms with Crippen LogP contribution in [0.15, 0.2) is 60.8 Å². The average Bonchev–Trinajstić information content (AvgIpc) is 2.75. The third kappa shape index (κ3) is 4.78. The maximum atomic E-state index is 12.4. The van der Waals surface area contributed by atoms with E-state index < -0.39 is 0 Å². The Morgan fingerprint density at radius 3 is 2.41 bits per heavy atom. The van der Waals surface area contributed by atoms with Crippen molar-refractivity contribution in [2.45, 2.75) is 6.92 Å². The zero-order chi connectivity index (χ0) is 20.1. The number of hydrogen-bond acceptors (Lipinski definition) is 6. The fraction of sp³-hybridized carbons (Fsp3) is 0.238. The van der Waals surface area contributed by atoms with Gasteiger partial charge in [-0.05, 0) is 48.9 Å². The number of piperazine rings is 1. The smallest absolute Gasteiger partial charge is 0.321 e. The number of nitrogens with zero attached hydrogens (tertiary/aromatic N) is 5. The number of amides is 2. The summed E-state index contributed by atoms with van der Waals surface area (Å²) < 4.78 is 0. The average molecular weight is 389 g/mol. The summed E-state index contributed by atoms with van der Waals surface area (Å²) in [5.74, 6) is 2.19. The van der Waals surface area contributed by atoms with Gasteiger partial charge in [0.2, 0.25) is 0 Å². The maximum absolute atomic E-state index is 12.4. The van der Waals surface area contributed by atoms with Crippen molar-refractivity contribution in [2.24, 2.45) is 0 Å². The summed E-state index contributed by atoms with van der Waals surface area (Å²) in [6, 6.07) is 17.1. The number of aromatic nitrogens is 3. The maximum Gasteiger partial charge on any atom is 0.321 e. The van der Waals surface area contributed by atoms with Gasteiger partial charge >= 0.3 is 6.03 Å². The van der Waals surface area contributed by atoms with Crippen molar-refractivity contribution in [1.29, 1.82) is 0 Å². The van der Waals surface area contributed by atoms with E-state index in [1.807, 2.05) is 66.4 Å². The fourth-order valence-electron chi connectivity index (χ4n) is 3.16. The highest BCUT2D eigenvalue weighted by Crippen LogP contribution is 2.17. The van der Waals surface area contributed by atoms with Gasteiger partial charge in [-0.15, -0.1) is 10.2 Å². The zero-order valence-corrected chi connectivity index (χ0v) is 16.2. The van der Waals surface area contributed by atoms with Crippen LogP contribution in [0.4, 0.5) is 27.9 Å². The number of para-hydroxylation sites is 1. The van der Waals surface area contributed by atoms with E-state index >= 15 is 0 Å². The number of anilines is 4. The summed E-state index contributed by atoms with van der Waals surface area (Å²) in [6.07, 6.45) is 1.76. The van der Waals surface area contributed by atoms with Crippen LogP contribution in [0.2, 0.25) is 0 Å². The molecule has 0 spiro atoms. The molecule has 2 aromatic heterocycles. The molecule has 4 rings (SSSR count). The third-order valence-corrected chi connectivity index (χ3v) is 4.74. The first-order valence-electron chi connectivity index (χ1n) is 9.57. The molecule has 1 aliphatic heterocycles. The minimum absolute atomic E-state index is 0.0767. The summed E-state index contributed by atoms with van der Waals surface area (Å²) >= 11 is 0. The van der Waals surface area contributed by atoms with Crippen molar-refractivity contribution in [1.82, 2.24) is 20.1 Å². The number of carbonyl (C=O) groups is 1. The molecule has 0 atom stereocenters. The molecule has 0 unspecified atom stereocenters. The monoisotopic (exact) mass is 389 g/mol. The van der Waals surface area contributed by atoms with Gasteiger partial charge in [0.1, 0.15) is 5.82 Å². The number of pyridine rings is 1. The Morgan fingerprint density at radius 2 is 1.72 bits per heavy atom. The van der Waals surface area contributed by atoms with E-state index in [9.17, 15) is 4.79 Å². The first-order valence-corrected chi connectivity index (χ1v) is 9.57. The predicted octanol–water partition coefficient (Wildman–Crippen LogP) is 3.28. The number of benzene rings is 1. The van der Waals surface area contributed by atoms with Gasteiger partial charge in [0.25, 0.3) is 0 Å². The van der Waals surface area contributed by atoms with Crippen LogP contribution < -0.4 is 15.5 Å². The van der Waals surface area contributed by atoms with Crippen LogP contribution in [0, 0.1) is 6.92 Å². The van der Waals surface area contributed by atoms with Gasteiger partial charge < -0.3 is 20.4 Å². The summed E-state index contributed by atoms with van der Waals surface area (Å²) in [7, 11) is 0. The largest absolute Gasteiger partial charge is 0.352 e. The lowest BCUT2D eigenvalue weighted by atomic mass is 10.3. The van der Waals surface area contributed by atoms with E-state index in [2.05, 4.69) is 30.7 Å². The Bertz CT molecular complexity index is 954. The predicted molar refractivity (Wildman–Crippen MR) is 114 cm³/mol. The van der Waals surface area contributed by atoms with Crippen molar-refractivity contribution in [3.63, 3.8) is 0 Å². The molecule has 1 fully saturated rings. The lowest BCUT2D eigenvalue weighted by Gasteiger charge is -2.35. The molecular weight excluding hydrogens is 366 g/mol. The SMILES string of the molecule is Cc1ccnc(Nc2ccc(N3CCN(C(=O)Nc4ccccc4)CC3)nn2)c1. The molecule has 3 heterocycles. The van der Waals surface area contributed by atoms with E-state index in [0.717, 1.165) is 22.9 Å². The molecule has 1 saturated heterocycles. The van der Waals surface area contributed by atoms with Crippen LogP contribution in [0.25, 0.3) is 0 Å². The van der Waals surface area contributed by atoms with Crippen molar-refractivity contribution in [3.05, 3.63) is 66.4 Å². The third-order valence-electron chi connectivity index (χ3n) is 4.74. The summed E-state index contributed by atoms with van der Waals surface area (Å²) in [6.45, 7) is 4.70. The highest BCUT2D eigenvalue weighted by Gasteiger charge is 2.22. The van der Waals surface area contributed by atoms with Crippen LogP contribution in [0.5, 0.6) is 0 Å². The minimum Gasteiger partial charge on any atom is -0.352 e. The van der Waals surface area contributed by atoms with Crippen molar-refractivity contribution in [3.8, 4) is 0 Å². The van der Waals surface area contributed by atoms with Crippen molar-refractivity contribution in [2.75, 3.05) is 41.7 Å².